The highest BCUT2D eigenvalue weighted by atomic mass is 32.1. The van der Waals surface area contributed by atoms with E-state index in [0.717, 1.165) is 21.9 Å². The summed E-state index contributed by atoms with van der Waals surface area (Å²) in [7, 11) is 0. The highest BCUT2D eigenvalue weighted by Gasteiger charge is 2.48. The van der Waals surface area contributed by atoms with Gasteiger partial charge >= 0.3 is 6.03 Å². The summed E-state index contributed by atoms with van der Waals surface area (Å²) >= 11 is 1.55. The summed E-state index contributed by atoms with van der Waals surface area (Å²) in [5.74, 6) is -0.0498. The number of thiophene rings is 1. The molecule has 4 amide bonds. The average Bonchev–Trinajstić information content (AvgIpc) is 3.50. The summed E-state index contributed by atoms with van der Waals surface area (Å²) in [6, 6.07) is 6.29. The van der Waals surface area contributed by atoms with Crippen LogP contribution in [0.1, 0.15) is 35.9 Å². The number of urea groups is 1. The fraction of sp³-hybridized carbons (Fsp3) is 0.368. The molecular formula is C19H18N4O4S. The maximum Gasteiger partial charge on any atom is 0.327 e. The van der Waals surface area contributed by atoms with E-state index < -0.39 is 11.9 Å². The third-order valence-electron chi connectivity index (χ3n) is 5.42. The van der Waals surface area contributed by atoms with Crippen LogP contribution in [0.4, 0.5) is 4.79 Å². The van der Waals surface area contributed by atoms with Crippen LogP contribution in [-0.4, -0.2) is 57.5 Å². The van der Waals surface area contributed by atoms with Crippen molar-refractivity contribution in [1.29, 1.82) is 0 Å². The van der Waals surface area contributed by atoms with Gasteiger partial charge in [-0.3, -0.25) is 14.5 Å². The normalized spacial score (nSPS) is 24.3. The topological polar surface area (TPSA) is 86.4 Å². The van der Waals surface area contributed by atoms with E-state index in [1.807, 2.05) is 17.5 Å². The van der Waals surface area contributed by atoms with E-state index in [9.17, 15) is 14.4 Å². The Hall–Kier alpha value is -2.94. The Morgan fingerprint density at radius 3 is 2.86 bits per heavy atom. The van der Waals surface area contributed by atoms with Gasteiger partial charge in [0.25, 0.3) is 11.8 Å². The highest BCUT2D eigenvalue weighted by molar-refractivity contribution is 7.12. The first kappa shape index (κ1) is 17.2. The SMILES string of the molecule is O=C1[C@H]2CCCN2C(=O)N1CC(=O)N1N=C(c2cccs2)C[C@@H]1c1ccco1. The summed E-state index contributed by atoms with van der Waals surface area (Å²) in [5.41, 5.74) is 0.796. The van der Waals surface area contributed by atoms with Gasteiger partial charge in [0.05, 0.1) is 16.9 Å². The van der Waals surface area contributed by atoms with Gasteiger partial charge in [0, 0.05) is 13.0 Å². The van der Waals surface area contributed by atoms with Crippen molar-refractivity contribution in [2.45, 2.75) is 31.3 Å². The van der Waals surface area contributed by atoms with Gasteiger partial charge in [0.2, 0.25) is 0 Å². The van der Waals surface area contributed by atoms with Crippen molar-refractivity contribution in [2.75, 3.05) is 13.1 Å². The molecule has 2 aromatic rings. The van der Waals surface area contributed by atoms with Gasteiger partial charge in [0.15, 0.2) is 0 Å². The third kappa shape index (κ3) is 2.65. The van der Waals surface area contributed by atoms with Crippen LogP contribution < -0.4 is 0 Å². The number of furan rings is 1. The molecule has 144 valence electrons. The first-order chi connectivity index (χ1) is 13.6. The first-order valence-corrected chi connectivity index (χ1v) is 10.1. The standard InChI is InChI=1S/C19H18N4O4S/c24-17(11-22-18(25)13-4-1-7-21(13)19(22)26)23-14(15-5-2-8-27-15)10-12(20-23)16-6-3-9-28-16/h2-3,5-6,8-9,13-14H,1,4,7,10-11H2/t13-,14-/m1/s1. The van der Waals surface area contributed by atoms with Crippen molar-refractivity contribution in [3.8, 4) is 0 Å². The number of hydrogen-bond acceptors (Lipinski definition) is 6. The molecule has 0 unspecified atom stereocenters. The smallest absolute Gasteiger partial charge is 0.327 e. The van der Waals surface area contributed by atoms with Crippen LogP contribution in [0.25, 0.3) is 0 Å². The largest absolute Gasteiger partial charge is 0.467 e. The zero-order valence-electron chi connectivity index (χ0n) is 15.0. The maximum atomic E-state index is 13.0. The number of nitrogens with zero attached hydrogens (tertiary/aromatic N) is 4. The molecule has 0 aromatic carbocycles. The lowest BCUT2D eigenvalue weighted by Crippen LogP contribution is -2.42. The van der Waals surface area contributed by atoms with Crippen LogP contribution in [-0.2, 0) is 9.59 Å². The minimum atomic E-state index is -0.412. The molecule has 0 saturated carbocycles. The number of imide groups is 1. The molecule has 2 aromatic heterocycles. The molecule has 0 aliphatic carbocycles. The second-order valence-corrected chi connectivity index (χ2v) is 8.00. The Kier molecular flexibility index (Phi) is 4.04. The van der Waals surface area contributed by atoms with Crippen LogP contribution in [0.3, 0.4) is 0 Å². The van der Waals surface area contributed by atoms with Gasteiger partial charge in [-0.1, -0.05) is 6.07 Å². The van der Waals surface area contributed by atoms with Crippen LogP contribution in [0, 0.1) is 0 Å². The van der Waals surface area contributed by atoms with Gasteiger partial charge in [-0.15, -0.1) is 11.3 Å². The monoisotopic (exact) mass is 398 g/mol. The van der Waals surface area contributed by atoms with Crippen molar-refractivity contribution < 1.29 is 18.8 Å². The average molecular weight is 398 g/mol. The summed E-state index contributed by atoms with van der Waals surface area (Å²) in [5, 5.41) is 7.84. The predicted octanol–water partition coefficient (Wildman–Crippen LogP) is 2.45. The quantitative estimate of drug-likeness (QED) is 0.741. The van der Waals surface area contributed by atoms with E-state index in [0.29, 0.717) is 25.1 Å². The van der Waals surface area contributed by atoms with E-state index in [-0.39, 0.29) is 24.5 Å². The Morgan fingerprint density at radius 2 is 2.14 bits per heavy atom. The van der Waals surface area contributed by atoms with Crippen LogP contribution in [0.15, 0.2) is 45.4 Å². The van der Waals surface area contributed by atoms with Gasteiger partial charge in [-0.05, 0) is 36.4 Å². The molecule has 2 fully saturated rings. The van der Waals surface area contributed by atoms with Crippen molar-refractivity contribution in [3.05, 3.63) is 46.5 Å². The third-order valence-corrected chi connectivity index (χ3v) is 6.34. The first-order valence-electron chi connectivity index (χ1n) is 9.22. The number of hydrazone groups is 1. The molecule has 3 aliphatic rings. The van der Waals surface area contributed by atoms with E-state index >= 15 is 0 Å². The highest BCUT2D eigenvalue weighted by Crippen LogP contribution is 2.35. The number of fused-ring (bicyclic) bond motifs is 1. The zero-order chi connectivity index (χ0) is 19.3. The van der Waals surface area contributed by atoms with Crippen molar-refractivity contribution in [3.63, 3.8) is 0 Å². The Balaban J connectivity index is 1.40. The summed E-state index contributed by atoms with van der Waals surface area (Å²) in [6.45, 7) is 0.266. The zero-order valence-corrected chi connectivity index (χ0v) is 15.8. The maximum absolute atomic E-state index is 13.0. The number of rotatable bonds is 4. The second-order valence-electron chi connectivity index (χ2n) is 7.06. The van der Waals surface area contributed by atoms with E-state index in [1.54, 1.807) is 34.6 Å². The molecule has 0 N–H and O–H groups in total. The molecule has 5 rings (SSSR count). The minimum Gasteiger partial charge on any atom is -0.467 e. The van der Waals surface area contributed by atoms with Gasteiger partial charge in [0.1, 0.15) is 24.4 Å². The number of carbonyl (C=O) groups excluding carboxylic acids is 3. The fourth-order valence-electron chi connectivity index (χ4n) is 4.07. The Labute approximate surface area is 165 Å². The van der Waals surface area contributed by atoms with Gasteiger partial charge in [-0.25, -0.2) is 9.80 Å². The lowest BCUT2D eigenvalue weighted by Gasteiger charge is -2.22. The van der Waals surface area contributed by atoms with Crippen LogP contribution >= 0.6 is 11.3 Å². The van der Waals surface area contributed by atoms with E-state index in [4.69, 9.17) is 4.42 Å². The molecule has 0 radical (unpaired) electrons. The van der Waals surface area contributed by atoms with Gasteiger partial charge < -0.3 is 9.32 Å². The number of carbonyl (C=O) groups is 3. The molecule has 2 atom stereocenters. The molecule has 8 nitrogen and oxygen atoms in total. The van der Waals surface area contributed by atoms with Crippen molar-refractivity contribution >= 4 is 34.9 Å². The Bertz CT molecular complexity index is 931. The van der Waals surface area contributed by atoms with E-state index in [1.165, 1.54) is 5.01 Å². The molecule has 3 aliphatic heterocycles. The Morgan fingerprint density at radius 1 is 1.25 bits per heavy atom. The summed E-state index contributed by atoms with van der Waals surface area (Å²) < 4.78 is 5.52. The fourth-order valence-corrected chi connectivity index (χ4v) is 4.79. The van der Waals surface area contributed by atoms with Crippen molar-refractivity contribution in [1.82, 2.24) is 14.8 Å². The molecule has 0 bridgehead atoms. The van der Waals surface area contributed by atoms with E-state index in [2.05, 4.69) is 5.10 Å². The molecule has 28 heavy (non-hydrogen) atoms. The predicted molar refractivity (Wildman–Crippen MR) is 101 cm³/mol. The molecule has 5 heterocycles. The summed E-state index contributed by atoms with van der Waals surface area (Å²) in [4.78, 5) is 41.7. The lowest BCUT2D eigenvalue weighted by molar-refractivity contribution is -0.138. The molecule has 9 heteroatoms. The summed E-state index contributed by atoms with van der Waals surface area (Å²) in [6.07, 6.45) is 3.57. The molecule has 0 spiro atoms. The van der Waals surface area contributed by atoms with Gasteiger partial charge in [-0.2, -0.15) is 5.10 Å². The molecular weight excluding hydrogens is 380 g/mol. The van der Waals surface area contributed by atoms with Crippen LogP contribution in [0.2, 0.25) is 0 Å². The number of hydrogen-bond donors (Lipinski definition) is 0. The number of amides is 4. The second kappa shape index (κ2) is 6.59. The lowest BCUT2D eigenvalue weighted by atomic mass is 10.1. The minimum absolute atomic E-state index is 0.285. The van der Waals surface area contributed by atoms with Crippen LogP contribution in [0.5, 0.6) is 0 Å². The van der Waals surface area contributed by atoms with Crippen molar-refractivity contribution in [2.24, 2.45) is 5.10 Å². The molecule has 2 saturated heterocycles.